The molecule has 358 valence electrons. The van der Waals surface area contributed by atoms with Crippen LogP contribution >= 0.6 is 0 Å². The van der Waals surface area contributed by atoms with Gasteiger partial charge in [0.05, 0.1) is 0 Å². The second-order valence-electron chi connectivity index (χ2n) is 16.7. The largest absolute Gasteiger partial charge is 0.462 e. The molecule has 1 unspecified atom stereocenters. The van der Waals surface area contributed by atoms with Crippen LogP contribution in [0.5, 0.6) is 0 Å². The maximum atomic E-state index is 12.8. The molecular weight excluding hydrogens is 781 g/mol. The van der Waals surface area contributed by atoms with Gasteiger partial charge in [0.2, 0.25) is 0 Å². The van der Waals surface area contributed by atoms with E-state index in [0.29, 0.717) is 19.3 Å². The summed E-state index contributed by atoms with van der Waals surface area (Å²) >= 11 is 0. The van der Waals surface area contributed by atoms with Crippen LogP contribution in [0.25, 0.3) is 0 Å². The zero-order valence-corrected chi connectivity index (χ0v) is 40.8. The van der Waals surface area contributed by atoms with Crippen molar-refractivity contribution in [2.75, 3.05) is 13.2 Å². The second kappa shape index (κ2) is 51.0. The monoisotopic (exact) mass is 875 g/mol. The molecule has 0 aromatic heterocycles. The van der Waals surface area contributed by atoms with E-state index in [0.717, 1.165) is 161 Å². The van der Waals surface area contributed by atoms with Crippen molar-refractivity contribution in [2.45, 2.75) is 232 Å². The molecule has 0 saturated heterocycles. The molecule has 0 amide bonds. The van der Waals surface area contributed by atoms with Crippen LogP contribution in [0.2, 0.25) is 0 Å². The molecule has 0 saturated carbocycles. The predicted molar refractivity (Wildman–Crippen MR) is 270 cm³/mol. The summed E-state index contributed by atoms with van der Waals surface area (Å²) in [4.78, 5) is 38.0. The van der Waals surface area contributed by atoms with E-state index in [1.54, 1.807) is 0 Å². The van der Waals surface area contributed by atoms with E-state index >= 15 is 0 Å². The van der Waals surface area contributed by atoms with Gasteiger partial charge in [-0.05, 0) is 116 Å². The van der Waals surface area contributed by atoms with Crippen molar-refractivity contribution in [2.24, 2.45) is 0 Å². The van der Waals surface area contributed by atoms with Crippen molar-refractivity contribution in [3.63, 3.8) is 0 Å². The zero-order chi connectivity index (χ0) is 45.8. The second-order valence-corrected chi connectivity index (χ2v) is 16.7. The normalized spacial score (nSPS) is 12.9. The van der Waals surface area contributed by atoms with Gasteiger partial charge in [-0.1, -0.05) is 189 Å². The van der Waals surface area contributed by atoms with Gasteiger partial charge in [-0.25, -0.2) is 0 Å². The molecule has 6 nitrogen and oxygen atoms in total. The third-order valence-electron chi connectivity index (χ3n) is 10.6. The van der Waals surface area contributed by atoms with Crippen LogP contribution in [-0.2, 0) is 28.6 Å². The topological polar surface area (TPSA) is 78.9 Å². The minimum Gasteiger partial charge on any atom is -0.462 e. The van der Waals surface area contributed by atoms with E-state index in [1.165, 1.54) is 25.7 Å². The Morgan fingerprint density at radius 1 is 0.333 bits per heavy atom. The molecule has 0 aliphatic heterocycles. The summed E-state index contributed by atoms with van der Waals surface area (Å²) in [6, 6.07) is 0. The Labute approximate surface area is 387 Å². The van der Waals surface area contributed by atoms with Gasteiger partial charge in [-0.15, -0.1) is 0 Å². The zero-order valence-electron chi connectivity index (χ0n) is 40.8. The summed E-state index contributed by atoms with van der Waals surface area (Å²) in [5.41, 5.74) is 0. The molecule has 0 aliphatic rings. The predicted octanol–water partition coefficient (Wildman–Crippen LogP) is 17.0. The highest BCUT2D eigenvalue weighted by atomic mass is 16.6. The molecule has 0 aliphatic carbocycles. The summed E-state index contributed by atoms with van der Waals surface area (Å²) in [7, 11) is 0. The van der Waals surface area contributed by atoms with E-state index in [1.807, 2.05) is 0 Å². The minimum atomic E-state index is -0.800. The number of carbonyl (C=O) groups is 3. The molecule has 0 spiro atoms. The number of carbonyl (C=O) groups excluding carboxylic acids is 3. The fourth-order valence-electron chi connectivity index (χ4n) is 6.73. The smallest absolute Gasteiger partial charge is 0.306 e. The molecule has 1 atom stereocenters. The average molecular weight is 875 g/mol. The third kappa shape index (κ3) is 49.2. The van der Waals surface area contributed by atoms with Crippen molar-refractivity contribution in [3.05, 3.63) is 97.2 Å². The van der Waals surface area contributed by atoms with Crippen LogP contribution in [0.15, 0.2) is 97.2 Å². The minimum absolute atomic E-state index is 0.0988. The van der Waals surface area contributed by atoms with Crippen LogP contribution in [-0.4, -0.2) is 37.2 Å². The number of rotatable bonds is 45. The Morgan fingerprint density at radius 2 is 0.619 bits per heavy atom. The van der Waals surface area contributed by atoms with Crippen molar-refractivity contribution in [1.82, 2.24) is 0 Å². The van der Waals surface area contributed by atoms with E-state index < -0.39 is 6.10 Å². The Kier molecular flexibility index (Phi) is 48.0. The highest BCUT2D eigenvalue weighted by Crippen LogP contribution is 2.13. The van der Waals surface area contributed by atoms with Gasteiger partial charge in [0.15, 0.2) is 6.10 Å². The summed E-state index contributed by atoms with van der Waals surface area (Å²) in [6.45, 7) is 6.34. The SMILES string of the molecule is CCC=CCC=CCC=CCCCCCCCC(=O)OCC(COC(=O)CCCCCCCC=CCC=CCCCCC)OC(=O)CCCCCCCC=CCC=CCC=CCC. The summed E-state index contributed by atoms with van der Waals surface area (Å²) < 4.78 is 16.8. The number of ether oxygens (including phenoxy) is 3. The van der Waals surface area contributed by atoms with E-state index in [9.17, 15) is 14.4 Å². The number of hydrogen-bond donors (Lipinski definition) is 0. The molecule has 0 radical (unpaired) electrons. The third-order valence-corrected chi connectivity index (χ3v) is 10.6. The number of unbranched alkanes of at least 4 members (excludes halogenated alkanes) is 18. The van der Waals surface area contributed by atoms with E-state index in [-0.39, 0.29) is 31.1 Å². The Bertz CT molecular complexity index is 1280. The van der Waals surface area contributed by atoms with Crippen LogP contribution in [0, 0.1) is 0 Å². The molecule has 0 rings (SSSR count). The van der Waals surface area contributed by atoms with Crippen LogP contribution < -0.4 is 0 Å². The van der Waals surface area contributed by atoms with Crippen molar-refractivity contribution < 1.29 is 28.6 Å². The molecule has 63 heavy (non-hydrogen) atoms. The maximum absolute atomic E-state index is 12.8. The first kappa shape index (κ1) is 59.3. The molecule has 6 heteroatoms. The van der Waals surface area contributed by atoms with E-state index in [2.05, 4.69) is 118 Å². The summed E-state index contributed by atoms with van der Waals surface area (Å²) in [5, 5.41) is 0. The highest BCUT2D eigenvalue weighted by Gasteiger charge is 2.19. The standard InChI is InChI=1S/C57H94O6/c1-4-7-10-13-16-19-22-25-28-31-34-37-40-43-46-49-55(58)61-52-54(63-57(60)51-48-45-42-39-36-33-30-27-24-21-18-15-12-9-6-3)53-62-56(59)50-47-44-41-38-35-32-29-26-23-20-17-14-11-8-5-2/h7,9-10,12,16-21,25-30,54H,4-6,8,11,13-15,22-24,31-53H2,1-3H3. The van der Waals surface area contributed by atoms with Gasteiger partial charge in [-0.2, -0.15) is 0 Å². The molecule has 0 aromatic carbocycles. The van der Waals surface area contributed by atoms with E-state index in [4.69, 9.17) is 14.2 Å². The lowest BCUT2D eigenvalue weighted by molar-refractivity contribution is -0.167. The van der Waals surface area contributed by atoms with Gasteiger partial charge in [0, 0.05) is 19.3 Å². The molecule has 0 fully saturated rings. The fourth-order valence-corrected chi connectivity index (χ4v) is 6.73. The van der Waals surface area contributed by atoms with Crippen LogP contribution in [0.3, 0.4) is 0 Å². The lowest BCUT2D eigenvalue weighted by Crippen LogP contribution is -2.30. The first-order valence-electron chi connectivity index (χ1n) is 25.7. The Balaban J connectivity index is 4.48. The van der Waals surface area contributed by atoms with Crippen LogP contribution in [0.4, 0.5) is 0 Å². The first-order valence-corrected chi connectivity index (χ1v) is 25.7. The van der Waals surface area contributed by atoms with Gasteiger partial charge in [0.25, 0.3) is 0 Å². The fraction of sp³-hybridized carbons (Fsp3) is 0.667. The van der Waals surface area contributed by atoms with Gasteiger partial charge < -0.3 is 14.2 Å². The summed E-state index contributed by atoms with van der Waals surface area (Å²) in [6.07, 6.45) is 66.7. The Morgan fingerprint density at radius 3 is 0.968 bits per heavy atom. The average Bonchev–Trinajstić information content (AvgIpc) is 3.28. The van der Waals surface area contributed by atoms with Gasteiger partial charge in [0.1, 0.15) is 13.2 Å². The van der Waals surface area contributed by atoms with Crippen molar-refractivity contribution >= 4 is 17.9 Å². The van der Waals surface area contributed by atoms with Gasteiger partial charge >= 0.3 is 17.9 Å². The molecule has 0 heterocycles. The Hall–Kier alpha value is -3.67. The quantitative estimate of drug-likeness (QED) is 0.0262. The molecule has 0 aromatic rings. The maximum Gasteiger partial charge on any atom is 0.306 e. The molecule has 0 N–H and O–H groups in total. The highest BCUT2D eigenvalue weighted by molar-refractivity contribution is 5.71. The number of esters is 3. The molecule has 0 bridgehead atoms. The van der Waals surface area contributed by atoms with Crippen molar-refractivity contribution in [1.29, 1.82) is 0 Å². The summed E-state index contributed by atoms with van der Waals surface area (Å²) in [5.74, 6) is -0.949. The van der Waals surface area contributed by atoms with Crippen molar-refractivity contribution in [3.8, 4) is 0 Å². The lowest BCUT2D eigenvalue weighted by atomic mass is 10.1. The van der Waals surface area contributed by atoms with Crippen LogP contribution in [0.1, 0.15) is 226 Å². The number of allylic oxidation sites excluding steroid dienone is 16. The molecular formula is C57H94O6. The lowest BCUT2D eigenvalue weighted by Gasteiger charge is -2.18. The first-order chi connectivity index (χ1) is 31.0. The number of hydrogen-bond acceptors (Lipinski definition) is 6. The van der Waals surface area contributed by atoms with Gasteiger partial charge in [-0.3, -0.25) is 14.4 Å².